The van der Waals surface area contributed by atoms with Crippen molar-refractivity contribution in [2.24, 2.45) is 5.41 Å². The number of aromatic nitrogens is 2. The highest BCUT2D eigenvalue weighted by atomic mass is 16.2. The van der Waals surface area contributed by atoms with Crippen molar-refractivity contribution in [3.8, 4) is 0 Å². The van der Waals surface area contributed by atoms with Crippen LogP contribution >= 0.6 is 0 Å². The maximum Gasteiger partial charge on any atom is 0.253 e. The van der Waals surface area contributed by atoms with Crippen LogP contribution in [0.1, 0.15) is 23.2 Å². The van der Waals surface area contributed by atoms with Gasteiger partial charge in [0.2, 0.25) is 0 Å². The summed E-state index contributed by atoms with van der Waals surface area (Å²) >= 11 is 0. The van der Waals surface area contributed by atoms with Crippen LogP contribution in [-0.2, 0) is 0 Å². The standard InChI is InChI=1S/C16H20N4O/c1-19-6-4-16(10-19)5-7-20(11-16)15(21)12-2-3-14-13(8-12)9-17-18-14/h2-3,8-9H,4-7,10-11H2,1H3,(H,17,18). The Morgan fingerprint density at radius 2 is 2.14 bits per heavy atom. The van der Waals surface area contributed by atoms with Gasteiger partial charge in [0, 0.05) is 36.0 Å². The Balaban J connectivity index is 1.55. The first kappa shape index (κ1) is 12.8. The highest BCUT2D eigenvalue weighted by molar-refractivity contribution is 5.98. The smallest absolute Gasteiger partial charge is 0.253 e. The summed E-state index contributed by atoms with van der Waals surface area (Å²) in [4.78, 5) is 17.1. The maximum absolute atomic E-state index is 12.7. The molecule has 1 amide bonds. The van der Waals surface area contributed by atoms with E-state index in [1.54, 1.807) is 6.20 Å². The van der Waals surface area contributed by atoms with Gasteiger partial charge in [0.05, 0.1) is 11.7 Å². The molecule has 5 heteroatoms. The van der Waals surface area contributed by atoms with Crippen LogP contribution in [0.2, 0.25) is 0 Å². The van der Waals surface area contributed by atoms with Crippen molar-refractivity contribution < 1.29 is 4.79 Å². The average molecular weight is 284 g/mol. The molecule has 1 unspecified atom stereocenters. The number of nitrogens with one attached hydrogen (secondary N) is 1. The Morgan fingerprint density at radius 1 is 1.29 bits per heavy atom. The molecule has 21 heavy (non-hydrogen) atoms. The summed E-state index contributed by atoms with van der Waals surface area (Å²) in [7, 11) is 2.17. The van der Waals surface area contributed by atoms with Gasteiger partial charge in [0.1, 0.15) is 0 Å². The normalized spacial score (nSPS) is 26.2. The van der Waals surface area contributed by atoms with Crippen molar-refractivity contribution in [3.05, 3.63) is 30.0 Å². The molecule has 110 valence electrons. The third kappa shape index (κ3) is 2.12. The van der Waals surface area contributed by atoms with E-state index in [0.29, 0.717) is 5.41 Å². The van der Waals surface area contributed by atoms with Crippen LogP contribution in [0.15, 0.2) is 24.4 Å². The largest absolute Gasteiger partial charge is 0.338 e. The Kier molecular flexibility index (Phi) is 2.79. The lowest BCUT2D eigenvalue weighted by Gasteiger charge is -2.23. The first-order valence-electron chi connectivity index (χ1n) is 7.56. The van der Waals surface area contributed by atoms with Crippen LogP contribution in [0.4, 0.5) is 0 Å². The van der Waals surface area contributed by atoms with Crippen molar-refractivity contribution in [3.63, 3.8) is 0 Å². The predicted octanol–water partition coefficient (Wildman–Crippen LogP) is 1.73. The predicted molar refractivity (Wildman–Crippen MR) is 81.2 cm³/mol. The molecule has 5 nitrogen and oxygen atoms in total. The number of amides is 1. The highest BCUT2D eigenvalue weighted by Crippen LogP contribution is 2.39. The number of likely N-dealkylation sites (tertiary alicyclic amines) is 2. The summed E-state index contributed by atoms with van der Waals surface area (Å²) in [5.74, 6) is 0.157. The summed E-state index contributed by atoms with van der Waals surface area (Å²) in [6.07, 6.45) is 4.12. The van der Waals surface area contributed by atoms with Gasteiger partial charge in [0.25, 0.3) is 5.91 Å². The number of H-pyrrole nitrogens is 1. The second-order valence-corrected chi connectivity index (χ2v) is 6.64. The van der Waals surface area contributed by atoms with Gasteiger partial charge >= 0.3 is 0 Å². The molecule has 2 aliphatic heterocycles. The molecule has 1 atom stereocenters. The lowest BCUT2D eigenvalue weighted by Crippen LogP contribution is -2.33. The number of fused-ring (bicyclic) bond motifs is 1. The molecule has 1 spiro atoms. The summed E-state index contributed by atoms with van der Waals surface area (Å²) in [5, 5.41) is 7.93. The van der Waals surface area contributed by atoms with Crippen LogP contribution in [0.25, 0.3) is 10.9 Å². The molecule has 2 fully saturated rings. The molecule has 0 saturated carbocycles. The SMILES string of the molecule is CN1CCC2(CCN(C(=O)c3ccc4[nH]ncc4c3)C2)C1. The van der Waals surface area contributed by atoms with Crippen molar-refractivity contribution in [2.75, 3.05) is 33.2 Å². The van der Waals surface area contributed by atoms with Gasteiger partial charge in [-0.25, -0.2) is 0 Å². The number of aromatic amines is 1. The van der Waals surface area contributed by atoms with E-state index in [1.165, 1.54) is 6.42 Å². The van der Waals surface area contributed by atoms with Gasteiger partial charge in [-0.1, -0.05) is 0 Å². The second-order valence-electron chi connectivity index (χ2n) is 6.64. The van der Waals surface area contributed by atoms with Crippen LogP contribution in [0.3, 0.4) is 0 Å². The van der Waals surface area contributed by atoms with Crippen LogP contribution < -0.4 is 0 Å². The monoisotopic (exact) mass is 284 g/mol. The maximum atomic E-state index is 12.7. The molecule has 2 aromatic rings. The van der Waals surface area contributed by atoms with E-state index in [2.05, 4.69) is 22.1 Å². The van der Waals surface area contributed by atoms with Gasteiger partial charge in [-0.15, -0.1) is 0 Å². The number of carbonyl (C=O) groups excluding carboxylic acids is 1. The molecule has 1 N–H and O–H groups in total. The number of carbonyl (C=O) groups is 1. The fourth-order valence-electron chi connectivity index (χ4n) is 3.86. The van der Waals surface area contributed by atoms with E-state index >= 15 is 0 Å². The van der Waals surface area contributed by atoms with Crippen molar-refractivity contribution in [1.29, 1.82) is 0 Å². The first-order chi connectivity index (χ1) is 10.2. The van der Waals surface area contributed by atoms with Gasteiger partial charge in [-0.05, 0) is 44.6 Å². The van der Waals surface area contributed by atoms with E-state index in [4.69, 9.17) is 0 Å². The number of hydrogen-bond donors (Lipinski definition) is 1. The molecule has 1 aromatic heterocycles. The van der Waals surface area contributed by atoms with E-state index in [1.807, 2.05) is 23.1 Å². The number of benzene rings is 1. The van der Waals surface area contributed by atoms with Gasteiger partial charge in [0.15, 0.2) is 0 Å². The van der Waals surface area contributed by atoms with Crippen molar-refractivity contribution in [1.82, 2.24) is 20.0 Å². The van der Waals surface area contributed by atoms with Crippen LogP contribution in [-0.4, -0.2) is 59.1 Å². The molecule has 3 heterocycles. The third-order valence-electron chi connectivity index (χ3n) is 5.04. The zero-order valence-corrected chi connectivity index (χ0v) is 12.3. The summed E-state index contributed by atoms with van der Waals surface area (Å²) in [5.41, 5.74) is 2.08. The molecular weight excluding hydrogens is 264 g/mol. The summed E-state index contributed by atoms with van der Waals surface area (Å²) in [6.45, 7) is 4.07. The Labute approximate surface area is 123 Å². The highest BCUT2D eigenvalue weighted by Gasteiger charge is 2.43. The molecule has 2 aliphatic rings. The second kappa shape index (κ2) is 4.56. The Hall–Kier alpha value is -1.88. The van der Waals surface area contributed by atoms with E-state index in [-0.39, 0.29) is 5.91 Å². The molecule has 4 rings (SSSR count). The van der Waals surface area contributed by atoms with Crippen molar-refractivity contribution in [2.45, 2.75) is 12.8 Å². The summed E-state index contributed by atoms with van der Waals surface area (Å²) < 4.78 is 0. The summed E-state index contributed by atoms with van der Waals surface area (Å²) in [6, 6.07) is 5.77. The minimum Gasteiger partial charge on any atom is -0.338 e. The van der Waals surface area contributed by atoms with Gasteiger partial charge in [-0.3, -0.25) is 9.89 Å². The number of rotatable bonds is 1. The first-order valence-corrected chi connectivity index (χ1v) is 7.56. The van der Waals surface area contributed by atoms with Crippen molar-refractivity contribution >= 4 is 16.8 Å². The van der Waals surface area contributed by atoms with Gasteiger partial charge in [-0.2, -0.15) is 5.10 Å². The third-order valence-corrected chi connectivity index (χ3v) is 5.04. The Morgan fingerprint density at radius 3 is 2.95 bits per heavy atom. The number of nitrogens with zero attached hydrogens (tertiary/aromatic N) is 3. The Bertz CT molecular complexity index is 694. The molecule has 2 saturated heterocycles. The van der Waals surface area contributed by atoms with Crippen LogP contribution in [0.5, 0.6) is 0 Å². The van der Waals surface area contributed by atoms with E-state index < -0.39 is 0 Å². The quantitative estimate of drug-likeness (QED) is 0.867. The molecule has 1 aromatic carbocycles. The molecular formula is C16H20N4O. The minimum atomic E-state index is 0.157. The van der Waals surface area contributed by atoms with Crippen LogP contribution in [0, 0.1) is 5.41 Å². The average Bonchev–Trinajstić information content (AvgIpc) is 3.19. The lowest BCUT2D eigenvalue weighted by molar-refractivity contribution is 0.0774. The molecule has 0 bridgehead atoms. The number of hydrogen-bond acceptors (Lipinski definition) is 3. The van der Waals surface area contributed by atoms with Gasteiger partial charge < -0.3 is 9.80 Å². The molecule has 0 aliphatic carbocycles. The fourth-order valence-corrected chi connectivity index (χ4v) is 3.86. The van der Waals surface area contributed by atoms with E-state index in [9.17, 15) is 4.79 Å². The molecule has 0 radical (unpaired) electrons. The zero-order chi connectivity index (χ0) is 14.4. The lowest BCUT2D eigenvalue weighted by atomic mass is 9.86. The fraction of sp³-hybridized carbons (Fsp3) is 0.500. The zero-order valence-electron chi connectivity index (χ0n) is 12.3. The topological polar surface area (TPSA) is 52.2 Å². The van der Waals surface area contributed by atoms with E-state index in [0.717, 1.165) is 49.1 Å². The minimum absolute atomic E-state index is 0.157.